The van der Waals surface area contributed by atoms with E-state index in [1.54, 1.807) is 0 Å². The number of nitrogens with zero attached hydrogens (tertiary/aromatic N) is 2. The zero-order valence-corrected chi connectivity index (χ0v) is 13.9. The third kappa shape index (κ3) is 4.18. The Labute approximate surface area is 149 Å². The molecule has 2 N–H and O–H groups in total. The maximum atomic E-state index is 13.2. The van der Waals surface area contributed by atoms with Gasteiger partial charge in [-0.2, -0.15) is 0 Å². The smallest absolute Gasteiger partial charge is 0.274 e. The minimum absolute atomic E-state index is 0.0202. The number of rotatable bonds is 5. The number of nitrogens with one attached hydrogen (secondary N) is 2. The molecule has 1 atom stereocenters. The summed E-state index contributed by atoms with van der Waals surface area (Å²) in [6, 6.07) is 14.4. The zero-order valence-electron chi connectivity index (χ0n) is 13.9. The lowest BCUT2D eigenvalue weighted by Gasteiger charge is -2.15. The van der Waals surface area contributed by atoms with Gasteiger partial charge in [0.15, 0.2) is 11.6 Å². The predicted octanol–water partition coefficient (Wildman–Crippen LogP) is 4.18. The van der Waals surface area contributed by atoms with Crippen LogP contribution in [0.5, 0.6) is 0 Å². The SMILES string of the molecule is CC(Nc1cc(C(=O)Nc2ccc(F)c(F)c2)ncn1)c1ccccc1. The molecular formula is C19H16F2N4O. The minimum atomic E-state index is -1.04. The lowest BCUT2D eigenvalue weighted by molar-refractivity contribution is 0.102. The number of hydrogen-bond acceptors (Lipinski definition) is 4. The third-order valence-corrected chi connectivity index (χ3v) is 3.74. The van der Waals surface area contributed by atoms with Crippen molar-refractivity contribution in [3.05, 3.63) is 83.8 Å². The Hall–Kier alpha value is -3.35. The molecule has 3 rings (SSSR count). The number of halogens is 2. The molecule has 3 aromatic rings. The minimum Gasteiger partial charge on any atom is -0.363 e. The van der Waals surface area contributed by atoms with Crippen molar-refractivity contribution >= 4 is 17.4 Å². The molecule has 1 aromatic heterocycles. The molecule has 0 fully saturated rings. The Balaban J connectivity index is 1.72. The van der Waals surface area contributed by atoms with Crippen molar-refractivity contribution in [3.8, 4) is 0 Å². The highest BCUT2D eigenvalue weighted by Gasteiger charge is 2.12. The Bertz CT molecular complexity index is 918. The van der Waals surface area contributed by atoms with E-state index in [2.05, 4.69) is 20.6 Å². The maximum Gasteiger partial charge on any atom is 0.274 e. The van der Waals surface area contributed by atoms with Crippen LogP contribution in [0.2, 0.25) is 0 Å². The first-order valence-electron chi connectivity index (χ1n) is 7.93. The second-order valence-electron chi connectivity index (χ2n) is 5.65. The highest BCUT2D eigenvalue weighted by atomic mass is 19.2. The summed E-state index contributed by atoms with van der Waals surface area (Å²) in [5, 5.41) is 5.67. The van der Waals surface area contributed by atoms with Gasteiger partial charge in [-0.15, -0.1) is 0 Å². The van der Waals surface area contributed by atoms with E-state index in [0.29, 0.717) is 5.82 Å². The molecule has 1 heterocycles. The van der Waals surface area contributed by atoms with E-state index in [-0.39, 0.29) is 17.4 Å². The molecule has 132 valence electrons. The van der Waals surface area contributed by atoms with E-state index in [1.807, 2.05) is 37.3 Å². The molecule has 0 saturated heterocycles. The van der Waals surface area contributed by atoms with Crippen LogP contribution in [-0.4, -0.2) is 15.9 Å². The van der Waals surface area contributed by atoms with E-state index in [0.717, 1.165) is 17.7 Å². The standard InChI is InChI=1S/C19H16F2N4O/c1-12(13-5-3-2-4-6-13)24-18-10-17(22-11-23-18)19(26)25-14-7-8-15(20)16(21)9-14/h2-12H,1H3,(H,25,26)(H,22,23,24). The van der Waals surface area contributed by atoms with Crippen molar-refractivity contribution in [1.82, 2.24) is 9.97 Å². The van der Waals surface area contributed by atoms with Crippen molar-refractivity contribution < 1.29 is 13.6 Å². The van der Waals surface area contributed by atoms with Gasteiger partial charge < -0.3 is 10.6 Å². The van der Waals surface area contributed by atoms with Crippen LogP contribution in [0, 0.1) is 11.6 Å². The second kappa shape index (κ2) is 7.69. The molecule has 1 amide bonds. The molecule has 0 radical (unpaired) electrons. The molecule has 0 aliphatic rings. The van der Waals surface area contributed by atoms with Gasteiger partial charge in [0.05, 0.1) is 0 Å². The van der Waals surface area contributed by atoms with Crippen molar-refractivity contribution in [2.45, 2.75) is 13.0 Å². The van der Waals surface area contributed by atoms with E-state index >= 15 is 0 Å². The second-order valence-corrected chi connectivity index (χ2v) is 5.65. The first kappa shape index (κ1) is 17.5. The predicted molar refractivity (Wildman–Crippen MR) is 94.8 cm³/mol. The summed E-state index contributed by atoms with van der Waals surface area (Å²) < 4.78 is 26.2. The van der Waals surface area contributed by atoms with Crippen LogP contribution in [0.1, 0.15) is 29.0 Å². The summed E-state index contributed by atoms with van der Waals surface area (Å²) in [5.41, 5.74) is 1.31. The average molecular weight is 354 g/mol. The number of carbonyl (C=O) groups is 1. The number of aromatic nitrogens is 2. The molecule has 0 spiro atoms. The normalized spacial score (nSPS) is 11.7. The zero-order chi connectivity index (χ0) is 18.5. The molecule has 1 unspecified atom stereocenters. The van der Waals surface area contributed by atoms with Gasteiger partial charge in [-0.25, -0.2) is 18.7 Å². The molecular weight excluding hydrogens is 338 g/mol. The highest BCUT2D eigenvalue weighted by Crippen LogP contribution is 2.18. The van der Waals surface area contributed by atoms with Crippen LogP contribution < -0.4 is 10.6 Å². The molecule has 26 heavy (non-hydrogen) atoms. The van der Waals surface area contributed by atoms with Crippen LogP contribution >= 0.6 is 0 Å². The fraction of sp³-hybridized carbons (Fsp3) is 0.105. The maximum absolute atomic E-state index is 13.2. The van der Waals surface area contributed by atoms with Crippen LogP contribution in [0.4, 0.5) is 20.3 Å². The van der Waals surface area contributed by atoms with Gasteiger partial charge in [-0.3, -0.25) is 4.79 Å². The highest BCUT2D eigenvalue weighted by molar-refractivity contribution is 6.03. The van der Waals surface area contributed by atoms with Gasteiger partial charge in [0.25, 0.3) is 5.91 Å². The topological polar surface area (TPSA) is 66.9 Å². The van der Waals surface area contributed by atoms with E-state index in [1.165, 1.54) is 18.5 Å². The third-order valence-electron chi connectivity index (χ3n) is 3.74. The molecule has 0 bridgehead atoms. The van der Waals surface area contributed by atoms with Gasteiger partial charge in [0.1, 0.15) is 17.8 Å². The fourth-order valence-electron chi connectivity index (χ4n) is 2.38. The van der Waals surface area contributed by atoms with Crippen LogP contribution in [0.25, 0.3) is 0 Å². The number of carbonyl (C=O) groups excluding carboxylic acids is 1. The number of hydrogen-bond donors (Lipinski definition) is 2. The number of benzene rings is 2. The summed E-state index contributed by atoms with van der Waals surface area (Å²) >= 11 is 0. The van der Waals surface area contributed by atoms with Gasteiger partial charge in [-0.05, 0) is 24.6 Å². The van der Waals surface area contributed by atoms with Crippen molar-refractivity contribution in [2.24, 2.45) is 0 Å². The van der Waals surface area contributed by atoms with Crippen LogP contribution in [0.15, 0.2) is 60.9 Å². The van der Waals surface area contributed by atoms with Gasteiger partial charge in [-0.1, -0.05) is 30.3 Å². The molecule has 0 saturated carbocycles. The number of amides is 1. The van der Waals surface area contributed by atoms with Crippen molar-refractivity contribution in [3.63, 3.8) is 0 Å². The first-order chi connectivity index (χ1) is 12.5. The monoisotopic (exact) mass is 354 g/mol. The average Bonchev–Trinajstić information content (AvgIpc) is 2.65. The van der Waals surface area contributed by atoms with Gasteiger partial charge in [0, 0.05) is 23.9 Å². The summed E-state index contributed by atoms with van der Waals surface area (Å²) in [4.78, 5) is 20.3. The molecule has 5 nitrogen and oxygen atoms in total. The number of anilines is 2. The summed E-state index contributed by atoms with van der Waals surface area (Å²) in [5.74, 6) is -2.09. The van der Waals surface area contributed by atoms with Gasteiger partial charge >= 0.3 is 0 Å². The largest absolute Gasteiger partial charge is 0.363 e. The van der Waals surface area contributed by atoms with Crippen molar-refractivity contribution in [2.75, 3.05) is 10.6 Å². The Morgan fingerprint density at radius 3 is 2.50 bits per heavy atom. The molecule has 0 aliphatic carbocycles. The molecule has 2 aromatic carbocycles. The lowest BCUT2D eigenvalue weighted by Crippen LogP contribution is -2.15. The van der Waals surface area contributed by atoms with E-state index < -0.39 is 17.5 Å². The van der Waals surface area contributed by atoms with Crippen LogP contribution in [-0.2, 0) is 0 Å². The Morgan fingerprint density at radius 2 is 1.77 bits per heavy atom. The van der Waals surface area contributed by atoms with Gasteiger partial charge in [0.2, 0.25) is 0 Å². The van der Waals surface area contributed by atoms with E-state index in [4.69, 9.17) is 0 Å². The lowest BCUT2D eigenvalue weighted by atomic mass is 10.1. The summed E-state index contributed by atoms with van der Waals surface area (Å²) in [6.45, 7) is 1.97. The van der Waals surface area contributed by atoms with E-state index in [9.17, 15) is 13.6 Å². The summed E-state index contributed by atoms with van der Waals surface area (Å²) in [7, 11) is 0. The fourth-order valence-corrected chi connectivity index (χ4v) is 2.38. The van der Waals surface area contributed by atoms with Crippen LogP contribution in [0.3, 0.4) is 0 Å². The molecule has 0 aliphatic heterocycles. The first-order valence-corrected chi connectivity index (χ1v) is 7.93. The Kier molecular flexibility index (Phi) is 5.17. The molecule has 7 heteroatoms. The van der Waals surface area contributed by atoms with Crippen molar-refractivity contribution in [1.29, 1.82) is 0 Å². The summed E-state index contributed by atoms with van der Waals surface area (Å²) in [6.07, 6.45) is 1.26. The Morgan fingerprint density at radius 1 is 1.00 bits per heavy atom. The quantitative estimate of drug-likeness (QED) is 0.721.